The summed E-state index contributed by atoms with van der Waals surface area (Å²) in [6.45, 7) is 0.342. The van der Waals surface area contributed by atoms with E-state index < -0.39 is 0 Å². The van der Waals surface area contributed by atoms with Crippen molar-refractivity contribution in [2.24, 2.45) is 0 Å². The normalized spacial score (nSPS) is 9.82. The van der Waals surface area contributed by atoms with Gasteiger partial charge in [0.15, 0.2) is 0 Å². The van der Waals surface area contributed by atoms with Crippen molar-refractivity contribution in [1.82, 2.24) is 10.3 Å². The summed E-state index contributed by atoms with van der Waals surface area (Å²) in [6.07, 6.45) is 3.34. The number of anilines is 2. The van der Waals surface area contributed by atoms with E-state index >= 15 is 0 Å². The van der Waals surface area contributed by atoms with Gasteiger partial charge in [-0.2, -0.15) is 5.26 Å². The molecule has 0 spiro atoms. The third-order valence-electron chi connectivity index (χ3n) is 3.81. The minimum atomic E-state index is -0.386. The van der Waals surface area contributed by atoms with Crippen LogP contribution in [0, 0.1) is 11.3 Å². The zero-order chi connectivity index (χ0) is 19.8. The lowest BCUT2D eigenvalue weighted by Gasteiger charge is -2.10. The molecule has 0 aliphatic rings. The molecule has 0 radical (unpaired) electrons. The number of urea groups is 1. The van der Waals surface area contributed by atoms with Gasteiger partial charge in [0.1, 0.15) is 0 Å². The molecule has 7 heteroatoms. The number of nitrogens with one attached hydrogen (secondary N) is 3. The first-order chi connectivity index (χ1) is 13.6. The van der Waals surface area contributed by atoms with Crippen molar-refractivity contribution in [2.45, 2.75) is 6.54 Å². The predicted octanol–water partition coefficient (Wildman–Crippen LogP) is 3.53. The Morgan fingerprint density at radius 2 is 1.75 bits per heavy atom. The van der Waals surface area contributed by atoms with E-state index in [1.54, 1.807) is 67.0 Å². The van der Waals surface area contributed by atoms with E-state index in [0.717, 1.165) is 5.56 Å². The van der Waals surface area contributed by atoms with Crippen LogP contribution in [0.5, 0.6) is 0 Å². The van der Waals surface area contributed by atoms with Crippen LogP contribution in [0.1, 0.15) is 21.5 Å². The number of hydrogen-bond donors (Lipinski definition) is 3. The fraction of sp³-hybridized carbons (Fsp3) is 0.0476. The molecule has 138 valence electrons. The zero-order valence-corrected chi connectivity index (χ0v) is 14.8. The maximum absolute atomic E-state index is 12.4. The first-order valence-corrected chi connectivity index (χ1v) is 8.49. The molecule has 3 amide bonds. The lowest BCUT2D eigenvalue weighted by molar-refractivity contribution is 0.102. The zero-order valence-electron chi connectivity index (χ0n) is 14.8. The highest BCUT2D eigenvalue weighted by molar-refractivity contribution is 6.05. The van der Waals surface area contributed by atoms with Crippen molar-refractivity contribution >= 4 is 23.3 Å². The lowest BCUT2D eigenvalue weighted by Crippen LogP contribution is -2.28. The molecule has 0 fully saturated rings. The quantitative estimate of drug-likeness (QED) is 0.638. The highest BCUT2D eigenvalue weighted by Gasteiger charge is 2.09. The SMILES string of the molecule is N#Cc1cccc(NC(=O)c2cccc(NC(=O)NCc3cccnc3)c2)c1. The largest absolute Gasteiger partial charge is 0.334 e. The Hall–Kier alpha value is -4.18. The number of hydrogen-bond acceptors (Lipinski definition) is 4. The van der Waals surface area contributed by atoms with Crippen molar-refractivity contribution in [1.29, 1.82) is 5.26 Å². The minimum Gasteiger partial charge on any atom is -0.334 e. The summed E-state index contributed by atoms with van der Waals surface area (Å²) in [4.78, 5) is 28.5. The van der Waals surface area contributed by atoms with E-state index in [-0.39, 0.29) is 11.9 Å². The monoisotopic (exact) mass is 371 g/mol. The summed E-state index contributed by atoms with van der Waals surface area (Å²) in [5.41, 5.74) is 2.73. The van der Waals surface area contributed by atoms with Crippen LogP contribution < -0.4 is 16.0 Å². The van der Waals surface area contributed by atoms with Crippen LogP contribution in [0.4, 0.5) is 16.2 Å². The van der Waals surface area contributed by atoms with Gasteiger partial charge in [0.25, 0.3) is 5.91 Å². The molecular weight excluding hydrogens is 354 g/mol. The molecule has 0 saturated carbocycles. The Labute approximate surface area is 162 Å². The second-order valence-electron chi connectivity index (χ2n) is 5.90. The lowest BCUT2D eigenvalue weighted by atomic mass is 10.1. The van der Waals surface area contributed by atoms with Crippen LogP contribution in [-0.2, 0) is 6.54 Å². The van der Waals surface area contributed by atoms with Crippen molar-refractivity contribution < 1.29 is 9.59 Å². The summed E-state index contributed by atoms with van der Waals surface area (Å²) in [6, 6.07) is 18.5. The summed E-state index contributed by atoms with van der Waals surface area (Å²) in [5, 5.41) is 17.1. The van der Waals surface area contributed by atoms with Crippen LogP contribution in [0.25, 0.3) is 0 Å². The molecule has 3 N–H and O–H groups in total. The highest BCUT2D eigenvalue weighted by atomic mass is 16.2. The fourth-order valence-electron chi connectivity index (χ4n) is 2.47. The number of carbonyl (C=O) groups excluding carboxylic acids is 2. The second-order valence-corrected chi connectivity index (χ2v) is 5.90. The molecule has 0 saturated heterocycles. The number of rotatable bonds is 5. The van der Waals surface area contributed by atoms with Gasteiger partial charge < -0.3 is 16.0 Å². The molecule has 7 nitrogen and oxygen atoms in total. The third kappa shape index (κ3) is 5.16. The van der Waals surface area contributed by atoms with E-state index in [0.29, 0.717) is 29.0 Å². The van der Waals surface area contributed by atoms with E-state index in [4.69, 9.17) is 5.26 Å². The second kappa shape index (κ2) is 8.96. The number of aromatic nitrogens is 1. The number of benzene rings is 2. The van der Waals surface area contributed by atoms with Gasteiger partial charge in [-0.25, -0.2) is 4.79 Å². The highest BCUT2D eigenvalue weighted by Crippen LogP contribution is 2.15. The Morgan fingerprint density at radius 1 is 0.964 bits per heavy atom. The maximum Gasteiger partial charge on any atom is 0.319 e. The van der Waals surface area contributed by atoms with Crippen LogP contribution >= 0.6 is 0 Å². The molecule has 28 heavy (non-hydrogen) atoms. The Kier molecular flexibility index (Phi) is 5.95. The van der Waals surface area contributed by atoms with Gasteiger partial charge in [-0.15, -0.1) is 0 Å². The van der Waals surface area contributed by atoms with Gasteiger partial charge in [0.05, 0.1) is 11.6 Å². The standard InChI is InChI=1S/C21H17N5O2/c22-12-15-4-1-7-18(10-15)25-20(27)17-6-2-8-19(11-17)26-21(28)24-14-16-5-3-9-23-13-16/h1-11,13H,14H2,(H,25,27)(H2,24,26,28). The van der Waals surface area contributed by atoms with Gasteiger partial charge in [-0.1, -0.05) is 18.2 Å². The van der Waals surface area contributed by atoms with Crippen molar-refractivity contribution in [2.75, 3.05) is 10.6 Å². The maximum atomic E-state index is 12.4. The molecule has 1 aromatic heterocycles. The number of carbonyl (C=O) groups is 2. The smallest absolute Gasteiger partial charge is 0.319 e. The van der Waals surface area contributed by atoms with Gasteiger partial charge in [-0.05, 0) is 48.0 Å². The van der Waals surface area contributed by atoms with Crippen LogP contribution in [0.2, 0.25) is 0 Å². The average Bonchev–Trinajstić information content (AvgIpc) is 2.73. The van der Waals surface area contributed by atoms with Crippen molar-refractivity contribution in [3.05, 3.63) is 89.7 Å². The Morgan fingerprint density at radius 3 is 2.50 bits per heavy atom. The van der Waals surface area contributed by atoms with Crippen molar-refractivity contribution in [3.8, 4) is 6.07 Å². The van der Waals surface area contributed by atoms with Gasteiger partial charge in [0, 0.05) is 35.9 Å². The summed E-state index contributed by atoms with van der Waals surface area (Å²) in [7, 11) is 0. The predicted molar refractivity (Wildman–Crippen MR) is 106 cm³/mol. The molecular formula is C21H17N5O2. The molecule has 0 bridgehead atoms. The topological polar surface area (TPSA) is 107 Å². The molecule has 0 atom stereocenters. The summed E-state index contributed by atoms with van der Waals surface area (Å²) in [5.74, 6) is -0.338. The van der Waals surface area contributed by atoms with Gasteiger partial charge in [-0.3, -0.25) is 9.78 Å². The van der Waals surface area contributed by atoms with Crippen LogP contribution in [-0.4, -0.2) is 16.9 Å². The number of pyridine rings is 1. The first-order valence-electron chi connectivity index (χ1n) is 8.49. The molecule has 0 aliphatic heterocycles. The summed E-state index contributed by atoms with van der Waals surface area (Å²) < 4.78 is 0. The summed E-state index contributed by atoms with van der Waals surface area (Å²) >= 11 is 0. The van der Waals surface area contributed by atoms with E-state index in [9.17, 15) is 9.59 Å². The Bertz CT molecular complexity index is 1030. The van der Waals surface area contributed by atoms with Gasteiger partial charge in [0.2, 0.25) is 0 Å². The Balaban J connectivity index is 1.60. The molecule has 3 rings (SSSR count). The van der Waals surface area contributed by atoms with Crippen LogP contribution in [0.15, 0.2) is 73.1 Å². The molecule has 0 aliphatic carbocycles. The van der Waals surface area contributed by atoms with Crippen LogP contribution in [0.3, 0.4) is 0 Å². The third-order valence-corrected chi connectivity index (χ3v) is 3.81. The fourth-order valence-corrected chi connectivity index (χ4v) is 2.47. The number of amides is 3. The molecule has 0 unspecified atom stereocenters. The molecule has 3 aromatic rings. The minimum absolute atomic E-state index is 0.338. The van der Waals surface area contributed by atoms with Gasteiger partial charge >= 0.3 is 6.03 Å². The first kappa shape index (κ1) is 18.6. The molecule has 1 heterocycles. The molecule has 2 aromatic carbocycles. The van der Waals surface area contributed by atoms with E-state index in [2.05, 4.69) is 20.9 Å². The number of nitrogens with zero attached hydrogens (tertiary/aromatic N) is 2. The van der Waals surface area contributed by atoms with E-state index in [1.807, 2.05) is 12.1 Å². The average molecular weight is 371 g/mol. The number of nitriles is 1. The van der Waals surface area contributed by atoms with Crippen molar-refractivity contribution in [3.63, 3.8) is 0 Å². The van der Waals surface area contributed by atoms with E-state index in [1.165, 1.54) is 0 Å².